The fourth-order valence-electron chi connectivity index (χ4n) is 3.61. The molecule has 1 unspecified atom stereocenters. The summed E-state index contributed by atoms with van der Waals surface area (Å²) in [6, 6.07) is 24.1. The smallest absolute Gasteiger partial charge is 0.265 e. The first kappa shape index (κ1) is 18.7. The van der Waals surface area contributed by atoms with Crippen LogP contribution in [-0.2, 0) is 11.2 Å². The lowest BCUT2D eigenvalue weighted by Crippen LogP contribution is -2.39. The number of amides is 2. The van der Waals surface area contributed by atoms with Crippen LogP contribution in [0, 0.1) is 0 Å². The van der Waals surface area contributed by atoms with E-state index in [4.69, 9.17) is 4.74 Å². The van der Waals surface area contributed by atoms with Crippen LogP contribution in [0.1, 0.15) is 22.8 Å². The predicted molar refractivity (Wildman–Crippen MR) is 113 cm³/mol. The van der Waals surface area contributed by atoms with Gasteiger partial charge in [0.2, 0.25) is 0 Å². The maximum atomic E-state index is 12.8. The Morgan fingerprint density at radius 2 is 1.76 bits per heavy atom. The van der Waals surface area contributed by atoms with Crippen molar-refractivity contribution in [3.05, 3.63) is 90.0 Å². The summed E-state index contributed by atoms with van der Waals surface area (Å²) in [7, 11) is 0. The first-order chi connectivity index (χ1) is 14.1. The van der Waals surface area contributed by atoms with Gasteiger partial charge in [-0.2, -0.15) is 0 Å². The van der Waals surface area contributed by atoms with Gasteiger partial charge in [0.15, 0.2) is 6.61 Å². The highest BCUT2D eigenvalue weighted by Gasteiger charge is 2.30. The number of nitrogens with zero attached hydrogens (tertiary/aromatic N) is 1. The molecule has 2 amide bonds. The van der Waals surface area contributed by atoms with Crippen molar-refractivity contribution in [1.29, 1.82) is 0 Å². The van der Waals surface area contributed by atoms with Crippen LogP contribution < -0.4 is 15.0 Å². The number of benzene rings is 3. The van der Waals surface area contributed by atoms with Gasteiger partial charge in [0.1, 0.15) is 5.75 Å². The van der Waals surface area contributed by atoms with Crippen molar-refractivity contribution >= 4 is 23.2 Å². The third-order valence-corrected chi connectivity index (χ3v) is 4.97. The van der Waals surface area contributed by atoms with E-state index in [0.717, 1.165) is 17.8 Å². The first-order valence-corrected chi connectivity index (χ1v) is 9.61. The van der Waals surface area contributed by atoms with Crippen LogP contribution in [0.25, 0.3) is 0 Å². The van der Waals surface area contributed by atoms with Gasteiger partial charge < -0.3 is 15.0 Å². The Labute approximate surface area is 169 Å². The van der Waals surface area contributed by atoms with E-state index < -0.39 is 0 Å². The monoisotopic (exact) mass is 386 g/mol. The van der Waals surface area contributed by atoms with Gasteiger partial charge in [-0.3, -0.25) is 9.59 Å². The van der Waals surface area contributed by atoms with Gasteiger partial charge in [0, 0.05) is 23.0 Å². The summed E-state index contributed by atoms with van der Waals surface area (Å²) in [5, 5.41) is 2.84. The second-order valence-corrected chi connectivity index (χ2v) is 7.08. The molecule has 0 radical (unpaired) electrons. The predicted octanol–water partition coefficient (Wildman–Crippen LogP) is 4.30. The third kappa shape index (κ3) is 4.14. The summed E-state index contributed by atoms with van der Waals surface area (Å²) in [4.78, 5) is 27.0. The molecule has 0 spiro atoms. The van der Waals surface area contributed by atoms with Crippen LogP contribution in [0.4, 0.5) is 11.4 Å². The molecule has 0 aliphatic carbocycles. The van der Waals surface area contributed by atoms with Crippen LogP contribution >= 0.6 is 0 Å². The highest BCUT2D eigenvalue weighted by molar-refractivity contribution is 6.04. The molecule has 0 saturated carbocycles. The van der Waals surface area contributed by atoms with Gasteiger partial charge in [-0.05, 0) is 55.3 Å². The average molecular weight is 386 g/mol. The van der Waals surface area contributed by atoms with E-state index in [1.165, 1.54) is 5.56 Å². The van der Waals surface area contributed by atoms with Crippen molar-refractivity contribution in [2.75, 3.05) is 16.8 Å². The number of carbonyl (C=O) groups excluding carboxylic acids is 2. The summed E-state index contributed by atoms with van der Waals surface area (Å²) in [5.74, 6) is 0.163. The van der Waals surface area contributed by atoms with Crippen LogP contribution in [0.2, 0.25) is 0 Å². The maximum absolute atomic E-state index is 12.8. The van der Waals surface area contributed by atoms with Gasteiger partial charge in [-0.25, -0.2) is 0 Å². The Hall–Kier alpha value is -3.60. The molecule has 1 heterocycles. The number of nitrogens with one attached hydrogen (secondary N) is 1. The van der Waals surface area contributed by atoms with Crippen molar-refractivity contribution in [3.8, 4) is 5.75 Å². The number of fused-ring (bicyclic) bond motifs is 1. The van der Waals surface area contributed by atoms with Crippen molar-refractivity contribution in [3.63, 3.8) is 0 Å². The largest absolute Gasteiger partial charge is 0.484 e. The van der Waals surface area contributed by atoms with Gasteiger partial charge in [0.05, 0.1) is 0 Å². The average Bonchev–Trinajstić information content (AvgIpc) is 3.08. The molecular weight excluding hydrogens is 364 g/mol. The molecule has 1 aliphatic heterocycles. The molecule has 3 aromatic rings. The van der Waals surface area contributed by atoms with E-state index in [9.17, 15) is 9.59 Å². The Kier molecular flexibility index (Phi) is 5.29. The minimum absolute atomic E-state index is 0.0809. The highest BCUT2D eigenvalue weighted by atomic mass is 16.5. The molecule has 1 atom stereocenters. The highest BCUT2D eigenvalue weighted by Crippen LogP contribution is 2.31. The minimum Gasteiger partial charge on any atom is -0.484 e. The fraction of sp³-hybridized carbons (Fsp3) is 0.167. The lowest BCUT2D eigenvalue weighted by atomic mass is 10.1. The SMILES string of the molecule is CC1Cc2ccccc2N1C(=O)COc1cccc(C(=O)Nc2ccccc2)c1. The fourth-order valence-corrected chi connectivity index (χ4v) is 3.61. The second kappa shape index (κ2) is 8.19. The van der Waals surface area contributed by atoms with E-state index >= 15 is 0 Å². The summed E-state index contributed by atoms with van der Waals surface area (Å²) in [6.07, 6.45) is 0.844. The number of anilines is 2. The first-order valence-electron chi connectivity index (χ1n) is 9.61. The number of hydrogen-bond acceptors (Lipinski definition) is 3. The van der Waals surface area contributed by atoms with E-state index in [0.29, 0.717) is 11.3 Å². The van der Waals surface area contributed by atoms with E-state index in [2.05, 4.69) is 11.4 Å². The van der Waals surface area contributed by atoms with Crippen molar-refractivity contribution in [2.24, 2.45) is 0 Å². The Bertz CT molecular complexity index is 1030. The van der Waals surface area contributed by atoms with Crippen LogP contribution in [0.15, 0.2) is 78.9 Å². The summed E-state index contributed by atoms with van der Waals surface area (Å²) >= 11 is 0. The van der Waals surface area contributed by atoms with Crippen molar-refractivity contribution in [2.45, 2.75) is 19.4 Å². The van der Waals surface area contributed by atoms with E-state index in [1.54, 1.807) is 29.2 Å². The Morgan fingerprint density at radius 1 is 1.00 bits per heavy atom. The van der Waals surface area contributed by atoms with Crippen LogP contribution in [0.5, 0.6) is 5.75 Å². The number of para-hydroxylation sites is 2. The topological polar surface area (TPSA) is 58.6 Å². The summed E-state index contributed by atoms with van der Waals surface area (Å²) in [6.45, 7) is 1.95. The molecule has 1 N–H and O–H groups in total. The molecule has 3 aromatic carbocycles. The lowest BCUT2D eigenvalue weighted by molar-refractivity contribution is -0.120. The van der Waals surface area contributed by atoms with Crippen LogP contribution in [-0.4, -0.2) is 24.5 Å². The second-order valence-electron chi connectivity index (χ2n) is 7.08. The molecule has 0 fully saturated rings. The number of ether oxygens (including phenoxy) is 1. The molecule has 0 saturated heterocycles. The zero-order valence-corrected chi connectivity index (χ0v) is 16.2. The van der Waals surface area contributed by atoms with Gasteiger partial charge >= 0.3 is 0 Å². The number of hydrogen-bond donors (Lipinski definition) is 1. The number of rotatable bonds is 5. The molecular formula is C24H22N2O3. The van der Waals surface area contributed by atoms with Gasteiger partial charge in [-0.1, -0.05) is 42.5 Å². The quantitative estimate of drug-likeness (QED) is 0.711. The zero-order valence-electron chi connectivity index (χ0n) is 16.2. The van der Waals surface area contributed by atoms with Gasteiger partial charge in [-0.15, -0.1) is 0 Å². The Balaban J connectivity index is 1.41. The van der Waals surface area contributed by atoms with Gasteiger partial charge in [0.25, 0.3) is 11.8 Å². The maximum Gasteiger partial charge on any atom is 0.265 e. The molecule has 5 nitrogen and oxygen atoms in total. The lowest BCUT2D eigenvalue weighted by Gasteiger charge is -2.22. The summed E-state index contributed by atoms with van der Waals surface area (Å²) in [5.41, 5.74) is 3.32. The molecule has 1 aliphatic rings. The molecule has 29 heavy (non-hydrogen) atoms. The van der Waals surface area contributed by atoms with Crippen LogP contribution in [0.3, 0.4) is 0 Å². The molecule has 0 bridgehead atoms. The van der Waals surface area contributed by atoms with E-state index in [1.807, 2.05) is 55.5 Å². The third-order valence-electron chi connectivity index (χ3n) is 4.97. The zero-order chi connectivity index (χ0) is 20.2. The standard InChI is InChI=1S/C24H22N2O3/c1-17-14-18-8-5-6-13-22(18)26(17)23(27)16-29-21-12-7-9-19(15-21)24(28)25-20-10-3-2-4-11-20/h2-13,15,17H,14,16H2,1H3,(H,25,28). The Morgan fingerprint density at radius 3 is 2.59 bits per heavy atom. The molecule has 5 heteroatoms. The molecule has 4 rings (SSSR count). The van der Waals surface area contributed by atoms with Crippen molar-refractivity contribution < 1.29 is 14.3 Å². The molecule has 0 aromatic heterocycles. The van der Waals surface area contributed by atoms with Crippen molar-refractivity contribution in [1.82, 2.24) is 0 Å². The summed E-state index contributed by atoms with van der Waals surface area (Å²) < 4.78 is 5.71. The minimum atomic E-state index is -0.227. The normalized spacial score (nSPS) is 14.9. The molecule has 146 valence electrons. The van der Waals surface area contributed by atoms with E-state index in [-0.39, 0.29) is 24.5 Å². The number of carbonyl (C=O) groups is 2.